The van der Waals surface area contributed by atoms with Gasteiger partial charge >= 0.3 is 0 Å². The van der Waals surface area contributed by atoms with Crippen molar-refractivity contribution in [3.8, 4) is 5.75 Å². The Balaban J connectivity index is 2.75. The van der Waals surface area contributed by atoms with Crippen LogP contribution in [0.2, 0.25) is 16.9 Å². The summed E-state index contributed by atoms with van der Waals surface area (Å²) in [5.41, 5.74) is 0.343. The van der Waals surface area contributed by atoms with Gasteiger partial charge in [-0.3, -0.25) is 4.79 Å². The summed E-state index contributed by atoms with van der Waals surface area (Å²) in [6.07, 6.45) is 0. The van der Waals surface area contributed by atoms with E-state index in [4.69, 9.17) is 27.9 Å². The van der Waals surface area contributed by atoms with Crippen molar-refractivity contribution in [3.63, 3.8) is 0 Å². The Kier molecular flexibility index (Phi) is 7.81. The van der Waals surface area contributed by atoms with Crippen molar-refractivity contribution in [2.45, 2.75) is 13.7 Å². The molecule has 20 heavy (non-hydrogen) atoms. The summed E-state index contributed by atoms with van der Waals surface area (Å²) in [5, 5.41) is 0.623. The molecule has 0 saturated carbocycles. The maximum absolute atomic E-state index is 12.3. The van der Waals surface area contributed by atoms with Crippen molar-refractivity contribution >= 4 is 47.5 Å². The molecule has 1 aromatic rings. The van der Waals surface area contributed by atoms with Gasteiger partial charge in [-0.15, -0.1) is 0 Å². The van der Waals surface area contributed by atoms with Gasteiger partial charge in [0.1, 0.15) is 0 Å². The van der Waals surface area contributed by atoms with Gasteiger partial charge in [0.05, 0.1) is 22.7 Å². The monoisotopic (exact) mass is 332 g/mol. The zero-order chi connectivity index (χ0) is 15.1. The van der Waals surface area contributed by atoms with E-state index < -0.39 is 0 Å². The smallest absolute Gasteiger partial charge is 0.224 e. The van der Waals surface area contributed by atoms with Gasteiger partial charge in [-0.2, -0.15) is 0 Å². The molecule has 0 fully saturated rings. The van der Waals surface area contributed by atoms with E-state index in [1.165, 1.54) is 18.9 Å². The summed E-state index contributed by atoms with van der Waals surface area (Å²) in [5.74, 6) is 1.02. The van der Waals surface area contributed by atoms with Gasteiger partial charge in [0, 0.05) is 5.75 Å². The first-order valence-corrected chi connectivity index (χ1v) is 8.01. The number of carbonyl (C=O) groups is 1. The normalized spacial score (nSPS) is 10.7. The van der Waals surface area contributed by atoms with Crippen molar-refractivity contribution in [2.24, 2.45) is 0 Å². The van der Waals surface area contributed by atoms with Crippen LogP contribution in [0.4, 0.5) is 0 Å². The van der Waals surface area contributed by atoms with Crippen LogP contribution in [-0.2, 0) is 0 Å². The Morgan fingerprint density at radius 1 is 1.40 bits per heavy atom. The van der Waals surface area contributed by atoms with E-state index >= 15 is 0 Å². The maximum atomic E-state index is 12.3. The zero-order valence-electron chi connectivity index (χ0n) is 11.8. The maximum Gasteiger partial charge on any atom is 0.224 e. The molecule has 0 aliphatic rings. The molecule has 0 aromatic heterocycles. The SMILES string of the molecule is C[B]N(CC)CCSC(=O)c1c(Cl)ccc(Cl)c1OC. The van der Waals surface area contributed by atoms with Crippen LogP contribution in [0.25, 0.3) is 0 Å². The number of halogens is 2. The zero-order valence-corrected chi connectivity index (χ0v) is 14.1. The minimum Gasteiger partial charge on any atom is -0.494 e. The molecule has 0 saturated heterocycles. The summed E-state index contributed by atoms with van der Waals surface area (Å²) in [7, 11) is 3.49. The Morgan fingerprint density at radius 2 is 2.05 bits per heavy atom. The van der Waals surface area contributed by atoms with Crippen molar-refractivity contribution < 1.29 is 9.53 Å². The van der Waals surface area contributed by atoms with Gasteiger partial charge in [0.25, 0.3) is 0 Å². The second-order valence-electron chi connectivity index (χ2n) is 3.96. The lowest BCUT2D eigenvalue weighted by molar-refractivity contribution is 0.108. The highest BCUT2D eigenvalue weighted by molar-refractivity contribution is 8.14. The molecule has 0 aliphatic carbocycles. The number of rotatable bonds is 7. The van der Waals surface area contributed by atoms with Crippen LogP contribution in [0.15, 0.2) is 12.1 Å². The van der Waals surface area contributed by atoms with E-state index in [1.54, 1.807) is 12.1 Å². The van der Waals surface area contributed by atoms with Gasteiger partial charge in [-0.05, 0) is 25.2 Å². The topological polar surface area (TPSA) is 29.5 Å². The first-order chi connectivity index (χ1) is 9.54. The van der Waals surface area contributed by atoms with Crippen molar-refractivity contribution in [2.75, 3.05) is 26.0 Å². The first-order valence-electron chi connectivity index (χ1n) is 6.27. The van der Waals surface area contributed by atoms with E-state index in [0.29, 0.717) is 27.1 Å². The minimum atomic E-state index is -0.124. The molecule has 0 N–H and O–H groups in total. The van der Waals surface area contributed by atoms with E-state index in [1.807, 2.05) is 14.2 Å². The molecule has 0 aliphatic heterocycles. The molecule has 0 bridgehead atoms. The number of benzene rings is 1. The molecule has 109 valence electrons. The van der Waals surface area contributed by atoms with E-state index in [-0.39, 0.29) is 5.12 Å². The number of ether oxygens (including phenoxy) is 1. The Bertz CT molecular complexity index is 470. The summed E-state index contributed by atoms with van der Waals surface area (Å²) >= 11 is 13.3. The average molecular weight is 333 g/mol. The van der Waals surface area contributed by atoms with E-state index in [2.05, 4.69) is 11.7 Å². The fourth-order valence-electron chi connectivity index (χ4n) is 1.72. The molecule has 1 rings (SSSR count). The first kappa shape index (κ1) is 17.7. The standard InChI is InChI=1S/C13H17BCl2NO2S/c1-4-17(14-2)7-8-20-13(18)11-9(15)5-6-10(16)12(11)19-3/h5-6H,4,7-8H2,1-3H3. The molecule has 1 radical (unpaired) electrons. The van der Waals surface area contributed by atoms with Crippen LogP contribution in [0.5, 0.6) is 5.75 Å². The van der Waals surface area contributed by atoms with Crippen molar-refractivity contribution in [3.05, 3.63) is 27.7 Å². The number of hydrogen-bond donors (Lipinski definition) is 0. The lowest BCUT2D eigenvalue weighted by Crippen LogP contribution is -2.28. The third-order valence-corrected chi connectivity index (χ3v) is 4.32. The van der Waals surface area contributed by atoms with Crippen LogP contribution >= 0.6 is 35.0 Å². The summed E-state index contributed by atoms with van der Waals surface area (Å²) in [6.45, 7) is 5.78. The predicted molar refractivity (Wildman–Crippen MR) is 88.7 cm³/mol. The molecule has 0 amide bonds. The highest BCUT2D eigenvalue weighted by Crippen LogP contribution is 2.36. The highest BCUT2D eigenvalue weighted by Gasteiger charge is 2.19. The third-order valence-electron chi connectivity index (χ3n) is 2.85. The van der Waals surface area contributed by atoms with Gasteiger partial charge in [0.2, 0.25) is 12.5 Å². The molecular weight excluding hydrogens is 316 g/mol. The van der Waals surface area contributed by atoms with Gasteiger partial charge in [0.15, 0.2) is 5.75 Å². The number of hydrogen-bond acceptors (Lipinski definition) is 4. The fourth-order valence-corrected chi connectivity index (χ4v) is 3.10. The molecule has 1 aromatic carbocycles. The Morgan fingerprint density at radius 3 is 2.60 bits per heavy atom. The van der Waals surface area contributed by atoms with Crippen LogP contribution in [-0.4, -0.2) is 43.3 Å². The van der Waals surface area contributed by atoms with Crippen LogP contribution in [0.3, 0.4) is 0 Å². The second kappa shape index (κ2) is 8.83. The number of carbonyl (C=O) groups excluding carboxylic acids is 1. The number of methoxy groups -OCH3 is 1. The molecule has 7 heteroatoms. The largest absolute Gasteiger partial charge is 0.494 e. The Labute approximate surface area is 135 Å². The molecule has 0 unspecified atom stereocenters. The lowest BCUT2D eigenvalue weighted by Gasteiger charge is -2.17. The Hall–Kier alpha value is -0.355. The van der Waals surface area contributed by atoms with Crippen molar-refractivity contribution in [1.82, 2.24) is 4.81 Å². The van der Waals surface area contributed by atoms with Gasteiger partial charge < -0.3 is 9.55 Å². The van der Waals surface area contributed by atoms with E-state index in [0.717, 1.165) is 13.1 Å². The van der Waals surface area contributed by atoms with Crippen LogP contribution in [0, 0.1) is 0 Å². The summed E-state index contributed by atoms with van der Waals surface area (Å²) in [6, 6.07) is 3.23. The quantitative estimate of drug-likeness (QED) is 0.709. The molecule has 0 atom stereocenters. The van der Waals surface area contributed by atoms with Crippen molar-refractivity contribution in [1.29, 1.82) is 0 Å². The summed E-state index contributed by atoms with van der Waals surface area (Å²) < 4.78 is 5.18. The van der Waals surface area contributed by atoms with Gasteiger partial charge in [-0.25, -0.2) is 0 Å². The van der Waals surface area contributed by atoms with Crippen LogP contribution in [0.1, 0.15) is 17.3 Å². The average Bonchev–Trinajstić information content (AvgIpc) is 2.45. The van der Waals surface area contributed by atoms with Gasteiger partial charge in [-0.1, -0.05) is 48.7 Å². The summed E-state index contributed by atoms with van der Waals surface area (Å²) in [4.78, 5) is 14.4. The van der Waals surface area contributed by atoms with Crippen LogP contribution < -0.4 is 4.74 Å². The highest BCUT2D eigenvalue weighted by atomic mass is 35.5. The molecular formula is C13H17BCl2NO2S. The van der Waals surface area contributed by atoms with E-state index in [9.17, 15) is 4.79 Å². The fraction of sp³-hybridized carbons (Fsp3) is 0.462. The predicted octanol–water partition coefficient (Wildman–Crippen LogP) is 3.86. The molecule has 0 spiro atoms. The number of thioether (sulfide) groups is 1. The molecule has 0 heterocycles. The number of nitrogens with zero attached hydrogens (tertiary/aromatic N) is 1. The molecule has 3 nitrogen and oxygen atoms in total. The second-order valence-corrected chi connectivity index (χ2v) is 5.84. The lowest BCUT2D eigenvalue weighted by atomic mass is 9.96. The third kappa shape index (κ3) is 4.59. The minimum absolute atomic E-state index is 0.124.